The van der Waals surface area contributed by atoms with Gasteiger partial charge in [-0.1, -0.05) is 35.9 Å². The lowest BCUT2D eigenvalue weighted by Gasteiger charge is -2.47. The van der Waals surface area contributed by atoms with E-state index in [0.29, 0.717) is 12.2 Å². The van der Waals surface area contributed by atoms with E-state index in [1.807, 2.05) is 43.3 Å². The molecule has 1 saturated carbocycles. The van der Waals surface area contributed by atoms with Crippen LogP contribution in [0.2, 0.25) is 0 Å². The Morgan fingerprint density at radius 3 is 2.77 bits per heavy atom. The van der Waals surface area contributed by atoms with Crippen LogP contribution in [-0.4, -0.2) is 17.0 Å². The number of aliphatic hydroxyl groups excluding tert-OH is 1. The van der Waals surface area contributed by atoms with Crippen molar-refractivity contribution in [2.45, 2.75) is 45.1 Å². The lowest BCUT2D eigenvalue weighted by Crippen LogP contribution is -2.46. The van der Waals surface area contributed by atoms with Crippen LogP contribution in [0.5, 0.6) is 0 Å². The fourth-order valence-electron chi connectivity index (χ4n) is 4.69. The van der Waals surface area contributed by atoms with E-state index in [1.165, 1.54) is 5.56 Å². The molecule has 4 rings (SSSR count). The molecule has 134 valence electrons. The van der Waals surface area contributed by atoms with Gasteiger partial charge in [0.05, 0.1) is 12.4 Å². The smallest absolute Gasteiger partial charge is 0.184 e. The number of benzene rings is 1. The summed E-state index contributed by atoms with van der Waals surface area (Å²) in [7, 11) is 0. The Balaban J connectivity index is 1.82. The molecule has 2 aliphatic rings. The van der Waals surface area contributed by atoms with Gasteiger partial charge in [0.1, 0.15) is 5.76 Å². The van der Waals surface area contributed by atoms with Crippen molar-refractivity contribution >= 4 is 11.9 Å². The number of allylic oxidation sites excluding steroid dienone is 2. The first-order chi connectivity index (χ1) is 12.6. The van der Waals surface area contributed by atoms with E-state index in [0.717, 1.165) is 42.4 Å². The van der Waals surface area contributed by atoms with Crippen LogP contribution in [-0.2, 0) is 11.2 Å². The first-order valence-corrected chi connectivity index (χ1v) is 9.31. The zero-order valence-electron chi connectivity index (χ0n) is 15.1. The number of rotatable bonds is 3. The molecule has 0 radical (unpaired) electrons. The number of fused-ring (bicyclic) bond motifs is 1. The predicted octanol–water partition coefficient (Wildman–Crippen LogP) is 4.73. The van der Waals surface area contributed by atoms with Gasteiger partial charge in [-0.25, -0.2) is 0 Å². The van der Waals surface area contributed by atoms with Crippen LogP contribution in [0.1, 0.15) is 43.9 Å². The van der Waals surface area contributed by atoms with Gasteiger partial charge in [-0.15, -0.1) is 0 Å². The topological polar surface area (TPSA) is 50.4 Å². The average Bonchev–Trinajstić information content (AvgIpc) is 3.15. The molecule has 1 aromatic heterocycles. The lowest BCUT2D eigenvalue weighted by atomic mass is 9.57. The molecule has 1 aromatic carbocycles. The third-order valence-electron chi connectivity index (χ3n) is 5.96. The van der Waals surface area contributed by atoms with E-state index in [9.17, 15) is 9.90 Å². The van der Waals surface area contributed by atoms with E-state index in [-0.39, 0.29) is 5.78 Å². The second kappa shape index (κ2) is 6.73. The van der Waals surface area contributed by atoms with Gasteiger partial charge in [-0.3, -0.25) is 4.79 Å². The fourth-order valence-corrected chi connectivity index (χ4v) is 4.69. The predicted molar refractivity (Wildman–Crippen MR) is 101 cm³/mol. The fraction of sp³-hybridized carbons (Fsp3) is 0.348. The second-order valence-electron chi connectivity index (χ2n) is 7.52. The normalized spacial score (nSPS) is 27.7. The number of hydrogen-bond acceptors (Lipinski definition) is 3. The number of carbonyl (C=O) groups excluding carboxylic acids is 1. The van der Waals surface area contributed by atoms with Crippen molar-refractivity contribution in [3.05, 3.63) is 76.8 Å². The van der Waals surface area contributed by atoms with Crippen LogP contribution >= 0.6 is 0 Å². The summed E-state index contributed by atoms with van der Waals surface area (Å²) in [5.74, 6) is 0.777. The van der Waals surface area contributed by atoms with Crippen LogP contribution in [0.4, 0.5) is 0 Å². The molecule has 2 aliphatic carbocycles. The molecule has 1 N–H and O–H groups in total. The lowest BCUT2D eigenvalue weighted by molar-refractivity contribution is -0.113. The Kier molecular flexibility index (Phi) is 4.41. The maximum Gasteiger partial charge on any atom is 0.184 e. The van der Waals surface area contributed by atoms with Gasteiger partial charge < -0.3 is 9.52 Å². The van der Waals surface area contributed by atoms with E-state index in [2.05, 4.69) is 12.1 Å². The number of hydrogen-bond donors (Lipinski definition) is 1. The zero-order chi connectivity index (χ0) is 18.1. The van der Waals surface area contributed by atoms with Gasteiger partial charge in [0.2, 0.25) is 0 Å². The molecule has 2 atom stereocenters. The summed E-state index contributed by atoms with van der Waals surface area (Å²) in [5, 5.41) is 11.1. The summed E-state index contributed by atoms with van der Waals surface area (Å²) in [5.41, 5.74) is 3.50. The minimum absolute atomic E-state index is 0.0918. The monoisotopic (exact) mass is 348 g/mol. The van der Waals surface area contributed by atoms with Crippen molar-refractivity contribution in [2.75, 3.05) is 0 Å². The second-order valence-corrected chi connectivity index (χ2v) is 7.52. The number of carbonyl (C=O) groups is 1. The van der Waals surface area contributed by atoms with E-state index < -0.39 is 11.5 Å². The Labute approximate surface area is 154 Å². The quantitative estimate of drug-likeness (QED) is 0.816. The Morgan fingerprint density at radius 2 is 2.04 bits per heavy atom. The third kappa shape index (κ3) is 2.86. The highest BCUT2D eigenvalue weighted by atomic mass is 16.3. The zero-order valence-corrected chi connectivity index (χ0v) is 15.1. The van der Waals surface area contributed by atoms with Crippen LogP contribution in [0.3, 0.4) is 0 Å². The number of ketones is 1. The van der Waals surface area contributed by atoms with E-state index in [4.69, 9.17) is 4.42 Å². The van der Waals surface area contributed by atoms with Crippen LogP contribution in [0.15, 0.2) is 69.9 Å². The Hall–Kier alpha value is -2.39. The molecule has 3 nitrogen and oxygen atoms in total. The molecule has 0 aliphatic heterocycles. The van der Waals surface area contributed by atoms with Crippen molar-refractivity contribution in [3.63, 3.8) is 0 Å². The molecule has 1 fully saturated rings. The minimum Gasteiger partial charge on any atom is -0.465 e. The van der Waals surface area contributed by atoms with Gasteiger partial charge >= 0.3 is 0 Å². The highest BCUT2D eigenvalue weighted by molar-refractivity contribution is 6.12. The highest BCUT2D eigenvalue weighted by Gasteiger charge is 2.48. The third-order valence-corrected chi connectivity index (χ3v) is 5.96. The van der Waals surface area contributed by atoms with Crippen molar-refractivity contribution < 1.29 is 14.3 Å². The Bertz CT molecular complexity index is 858. The van der Waals surface area contributed by atoms with E-state index in [1.54, 1.807) is 6.26 Å². The van der Waals surface area contributed by atoms with Crippen LogP contribution in [0, 0.1) is 5.41 Å². The summed E-state index contributed by atoms with van der Waals surface area (Å²) in [6.07, 6.45) is 6.96. The molecule has 0 bridgehead atoms. The van der Waals surface area contributed by atoms with Gasteiger partial charge in [0.15, 0.2) is 5.78 Å². The first kappa shape index (κ1) is 17.0. The summed E-state index contributed by atoms with van der Waals surface area (Å²) in [4.78, 5) is 13.0. The average molecular weight is 348 g/mol. The number of aliphatic hydroxyl groups is 1. The SMILES string of the molecule is CC1=C2CCC[C@H](O)[C@@]2(Cc2ccccc2)CC(=Cc2ccco2)C1=O. The molecular weight excluding hydrogens is 324 g/mol. The Morgan fingerprint density at radius 1 is 1.23 bits per heavy atom. The minimum atomic E-state index is -0.436. The van der Waals surface area contributed by atoms with Crippen molar-refractivity contribution in [3.8, 4) is 0 Å². The van der Waals surface area contributed by atoms with Crippen LogP contribution < -0.4 is 0 Å². The largest absolute Gasteiger partial charge is 0.465 e. The summed E-state index contributed by atoms with van der Waals surface area (Å²) in [6.45, 7) is 1.92. The van der Waals surface area contributed by atoms with Gasteiger partial charge in [-0.05, 0) is 68.4 Å². The number of furan rings is 1. The molecule has 3 heteroatoms. The van der Waals surface area contributed by atoms with Crippen molar-refractivity contribution in [2.24, 2.45) is 5.41 Å². The molecule has 2 aromatic rings. The molecule has 26 heavy (non-hydrogen) atoms. The van der Waals surface area contributed by atoms with Gasteiger partial charge in [-0.2, -0.15) is 0 Å². The summed E-state index contributed by atoms with van der Waals surface area (Å²) >= 11 is 0. The molecule has 1 heterocycles. The first-order valence-electron chi connectivity index (χ1n) is 9.31. The van der Waals surface area contributed by atoms with Crippen LogP contribution in [0.25, 0.3) is 6.08 Å². The van der Waals surface area contributed by atoms with Crippen molar-refractivity contribution in [1.29, 1.82) is 0 Å². The van der Waals surface area contributed by atoms with Gasteiger partial charge in [0.25, 0.3) is 0 Å². The summed E-state index contributed by atoms with van der Waals surface area (Å²) in [6, 6.07) is 14.0. The molecule has 0 saturated heterocycles. The number of Topliss-reactive ketones (excluding diaryl/α,β-unsaturated/α-hetero) is 1. The maximum atomic E-state index is 13.0. The molecular formula is C23H24O3. The van der Waals surface area contributed by atoms with Crippen molar-refractivity contribution in [1.82, 2.24) is 0 Å². The molecule has 0 spiro atoms. The standard InChI is InChI=1S/C23H24O3/c1-16-20-10-5-11-21(24)23(20,14-17-7-3-2-4-8-17)15-18(22(16)25)13-19-9-6-12-26-19/h2-4,6-9,12-13,21,24H,5,10-11,14-15H2,1H3/t21-,23-/m0/s1. The van der Waals surface area contributed by atoms with Gasteiger partial charge in [0, 0.05) is 11.0 Å². The molecule has 0 unspecified atom stereocenters. The highest BCUT2D eigenvalue weighted by Crippen LogP contribution is 2.52. The summed E-state index contributed by atoms with van der Waals surface area (Å²) < 4.78 is 5.43. The van der Waals surface area contributed by atoms with E-state index >= 15 is 0 Å². The molecule has 0 amide bonds. The maximum absolute atomic E-state index is 13.0.